The van der Waals surface area contributed by atoms with Crippen LogP contribution in [0.3, 0.4) is 0 Å². The molecule has 0 amide bonds. The summed E-state index contributed by atoms with van der Waals surface area (Å²) >= 11 is 0. The van der Waals surface area contributed by atoms with Gasteiger partial charge in [0, 0.05) is 6.42 Å². The highest BCUT2D eigenvalue weighted by molar-refractivity contribution is 4.88. The Morgan fingerprint density at radius 2 is 2.35 bits per heavy atom. The lowest BCUT2D eigenvalue weighted by Gasteiger charge is -2.29. The zero-order valence-electron chi connectivity index (χ0n) is 8.76. The fourth-order valence-corrected chi connectivity index (χ4v) is 1.56. The lowest BCUT2D eigenvalue weighted by Crippen LogP contribution is -2.40. The third-order valence-corrected chi connectivity index (χ3v) is 2.36. The maximum Gasteiger partial charge on any atom is 0.330 e. The average Bonchev–Trinajstić information content (AvgIpc) is 2.34. The average molecular weight is 246 g/mol. The second-order valence-corrected chi connectivity index (χ2v) is 3.51. The van der Waals surface area contributed by atoms with E-state index < -0.39 is 29.6 Å². The monoisotopic (exact) mass is 246 g/mol. The van der Waals surface area contributed by atoms with Gasteiger partial charge >= 0.3 is 5.69 Å². The van der Waals surface area contributed by atoms with Crippen molar-refractivity contribution in [1.29, 1.82) is 0 Å². The van der Waals surface area contributed by atoms with Gasteiger partial charge in [0.15, 0.2) is 6.29 Å². The molecule has 2 atom stereocenters. The van der Waals surface area contributed by atoms with E-state index in [1.54, 1.807) is 0 Å². The molecule has 17 heavy (non-hydrogen) atoms. The first-order valence-electron chi connectivity index (χ1n) is 5.00. The second kappa shape index (κ2) is 4.78. The van der Waals surface area contributed by atoms with Crippen molar-refractivity contribution in [2.24, 2.45) is 0 Å². The normalized spacial score (nSPS) is 24.8. The van der Waals surface area contributed by atoms with Gasteiger partial charge in [-0.3, -0.25) is 14.3 Å². The van der Waals surface area contributed by atoms with Crippen molar-refractivity contribution in [3.05, 3.63) is 32.9 Å². The molecule has 1 aliphatic heterocycles. The van der Waals surface area contributed by atoms with Gasteiger partial charge in [-0.2, -0.15) is 4.39 Å². The maximum absolute atomic E-state index is 13.1. The van der Waals surface area contributed by atoms with E-state index in [0.29, 0.717) is 6.42 Å². The molecule has 0 saturated carbocycles. The van der Waals surface area contributed by atoms with Crippen LogP contribution < -0.4 is 11.2 Å². The minimum atomic E-state index is -1.07. The molecular formula is C9H11FN2O5. The van der Waals surface area contributed by atoms with Gasteiger partial charge in [-0.15, -0.1) is 0 Å². The van der Waals surface area contributed by atoms with Crippen LogP contribution >= 0.6 is 0 Å². The molecular weight excluding hydrogens is 235 g/mol. The molecule has 0 bridgehead atoms. The molecule has 1 fully saturated rings. The van der Waals surface area contributed by atoms with Gasteiger partial charge < -0.3 is 14.6 Å². The smallest absolute Gasteiger partial charge is 0.330 e. The first-order valence-corrected chi connectivity index (χ1v) is 5.00. The van der Waals surface area contributed by atoms with Crippen LogP contribution in [-0.4, -0.2) is 34.2 Å². The number of halogens is 1. The minimum Gasteiger partial charge on any atom is -0.391 e. The van der Waals surface area contributed by atoms with Crippen LogP contribution in [0, 0.1) is 5.82 Å². The molecule has 8 heteroatoms. The zero-order chi connectivity index (χ0) is 12.4. The van der Waals surface area contributed by atoms with Crippen LogP contribution in [0.2, 0.25) is 0 Å². The largest absolute Gasteiger partial charge is 0.391 e. The summed E-state index contributed by atoms with van der Waals surface area (Å²) in [6.07, 6.45) is -0.511. The van der Waals surface area contributed by atoms with E-state index in [2.05, 4.69) is 0 Å². The summed E-state index contributed by atoms with van der Waals surface area (Å²) in [7, 11) is 0. The van der Waals surface area contributed by atoms with Gasteiger partial charge in [0.2, 0.25) is 5.82 Å². The summed E-state index contributed by atoms with van der Waals surface area (Å²) in [5.41, 5.74) is -1.84. The highest BCUT2D eigenvalue weighted by atomic mass is 19.1. The van der Waals surface area contributed by atoms with Crippen molar-refractivity contribution in [1.82, 2.24) is 9.55 Å². The Balaban J connectivity index is 2.31. The number of rotatable bonds is 2. The number of aliphatic hydroxyl groups is 1. The summed E-state index contributed by atoms with van der Waals surface area (Å²) in [6.45, 7) is -0.0971. The van der Waals surface area contributed by atoms with E-state index in [4.69, 9.17) is 14.6 Å². The van der Waals surface area contributed by atoms with E-state index in [1.165, 1.54) is 0 Å². The van der Waals surface area contributed by atoms with Crippen molar-refractivity contribution in [3.8, 4) is 0 Å². The number of nitrogens with one attached hydrogen (secondary N) is 1. The van der Waals surface area contributed by atoms with Gasteiger partial charge in [-0.1, -0.05) is 0 Å². The third-order valence-electron chi connectivity index (χ3n) is 2.36. The maximum atomic E-state index is 13.1. The third kappa shape index (κ3) is 2.43. The van der Waals surface area contributed by atoms with E-state index >= 15 is 0 Å². The molecule has 2 heterocycles. The second-order valence-electron chi connectivity index (χ2n) is 3.51. The molecule has 1 aromatic rings. The van der Waals surface area contributed by atoms with E-state index in [1.807, 2.05) is 4.98 Å². The summed E-state index contributed by atoms with van der Waals surface area (Å²) in [5.74, 6) is -1.07. The van der Waals surface area contributed by atoms with Gasteiger partial charge in [-0.25, -0.2) is 4.79 Å². The van der Waals surface area contributed by atoms with E-state index in [0.717, 1.165) is 10.8 Å². The van der Waals surface area contributed by atoms with Crippen LogP contribution in [0.4, 0.5) is 4.39 Å². The molecule has 0 aromatic carbocycles. The summed E-state index contributed by atoms with van der Waals surface area (Å²) in [4.78, 5) is 24.1. The zero-order valence-corrected chi connectivity index (χ0v) is 8.76. The standard InChI is InChI=1S/C9H11FN2O5/c10-5-3-12(9(15)11-8(5)14)6-1-2-16-7(4-13)17-6/h3,6-7,13H,1-2,4H2,(H,11,14,15)/t6-,7-/m1/s1. The number of aromatic amines is 1. The molecule has 0 radical (unpaired) electrons. The van der Waals surface area contributed by atoms with Crippen LogP contribution in [0.1, 0.15) is 12.6 Å². The molecule has 0 spiro atoms. The van der Waals surface area contributed by atoms with E-state index in [9.17, 15) is 14.0 Å². The van der Waals surface area contributed by atoms with Crippen molar-refractivity contribution in [2.75, 3.05) is 13.2 Å². The molecule has 94 valence electrons. The van der Waals surface area contributed by atoms with Crippen LogP contribution in [-0.2, 0) is 9.47 Å². The first-order chi connectivity index (χ1) is 8.11. The molecule has 0 aliphatic carbocycles. The number of hydrogen-bond donors (Lipinski definition) is 2. The number of hydrogen-bond acceptors (Lipinski definition) is 5. The van der Waals surface area contributed by atoms with Crippen molar-refractivity contribution in [2.45, 2.75) is 18.9 Å². The molecule has 1 aromatic heterocycles. The fourth-order valence-electron chi connectivity index (χ4n) is 1.56. The Hall–Kier alpha value is -1.51. The Morgan fingerprint density at radius 3 is 3.06 bits per heavy atom. The number of aliphatic hydroxyl groups excluding tert-OH is 1. The highest BCUT2D eigenvalue weighted by Crippen LogP contribution is 2.19. The van der Waals surface area contributed by atoms with Crippen molar-refractivity contribution >= 4 is 0 Å². The molecule has 0 unspecified atom stereocenters. The van der Waals surface area contributed by atoms with Gasteiger partial charge in [0.1, 0.15) is 6.23 Å². The molecule has 2 N–H and O–H groups in total. The fraction of sp³-hybridized carbons (Fsp3) is 0.556. The lowest BCUT2D eigenvalue weighted by atomic mass is 10.3. The van der Waals surface area contributed by atoms with E-state index in [-0.39, 0.29) is 13.2 Å². The Bertz CT molecular complexity index is 511. The van der Waals surface area contributed by atoms with Crippen LogP contribution in [0.25, 0.3) is 0 Å². The first kappa shape index (κ1) is 12.0. The van der Waals surface area contributed by atoms with Crippen LogP contribution in [0.5, 0.6) is 0 Å². The summed E-state index contributed by atoms with van der Waals surface area (Å²) in [6, 6.07) is 0. The number of aromatic nitrogens is 2. The molecule has 1 aliphatic rings. The van der Waals surface area contributed by atoms with Crippen molar-refractivity contribution < 1.29 is 19.0 Å². The van der Waals surface area contributed by atoms with Crippen LogP contribution in [0.15, 0.2) is 15.8 Å². The summed E-state index contributed by atoms with van der Waals surface area (Å²) < 4.78 is 24.2. The SMILES string of the molecule is O=c1[nH]c(=O)n([C@H]2CCO[C@@H](CO)O2)cc1F. The number of nitrogens with zero attached hydrogens (tertiary/aromatic N) is 1. The van der Waals surface area contributed by atoms with Gasteiger partial charge in [-0.05, 0) is 0 Å². The predicted octanol–water partition coefficient (Wildman–Crippen LogP) is -1.07. The lowest BCUT2D eigenvalue weighted by molar-refractivity contribution is -0.247. The van der Waals surface area contributed by atoms with Gasteiger partial charge in [0.25, 0.3) is 5.56 Å². The topological polar surface area (TPSA) is 93.6 Å². The number of ether oxygens (including phenoxy) is 2. The minimum absolute atomic E-state index is 0.267. The molecule has 7 nitrogen and oxygen atoms in total. The Kier molecular flexibility index (Phi) is 3.36. The molecule has 2 rings (SSSR count). The van der Waals surface area contributed by atoms with Crippen molar-refractivity contribution in [3.63, 3.8) is 0 Å². The van der Waals surface area contributed by atoms with Gasteiger partial charge in [0.05, 0.1) is 19.4 Å². The Labute approximate surface area is 94.4 Å². The highest BCUT2D eigenvalue weighted by Gasteiger charge is 2.25. The Morgan fingerprint density at radius 1 is 1.59 bits per heavy atom. The summed E-state index contributed by atoms with van der Waals surface area (Å²) in [5, 5.41) is 8.85. The molecule has 1 saturated heterocycles. The predicted molar refractivity (Wildman–Crippen MR) is 52.8 cm³/mol. The quantitative estimate of drug-likeness (QED) is 0.693. The number of H-pyrrole nitrogens is 1.